The minimum Gasteiger partial charge on any atom is -0.255 e. The van der Waals surface area contributed by atoms with E-state index in [4.69, 9.17) is 0 Å². The maximum atomic E-state index is 4.59. The van der Waals surface area contributed by atoms with Crippen molar-refractivity contribution in [2.75, 3.05) is 0 Å². The highest BCUT2D eigenvalue weighted by molar-refractivity contribution is 5.79. The highest BCUT2D eigenvalue weighted by Gasteiger charge is 2.04. The van der Waals surface area contributed by atoms with Crippen LogP contribution in [0.4, 0.5) is 0 Å². The lowest BCUT2D eigenvalue weighted by atomic mass is 10.2. The van der Waals surface area contributed by atoms with Gasteiger partial charge < -0.3 is 0 Å². The number of pyridine rings is 2. The van der Waals surface area contributed by atoms with E-state index in [0.29, 0.717) is 0 Å². The Morgan fingerprint density at radius 2 is 1.85 bits per heavy atom. The average Bonchev–Trinajstić information content (AvgIpc) is 2.52. The fourth-order valence-electron chi connectivity index (χ4n) is 1.67. The standard InChI is InChI=1S/C17H15N3/c1-3-8-14(18-12-4-2)16-10-7-11-17(20-16)15-9-5-6-13-19-15/h3-13H,1-2H2/b14-8-,18-12-. The minimum absolute atomic E-state index is 0.734. The molecule has 2 aromatic heterocycles. The van der Waals surface area contributed by atoms with Crippen LogP contribution < -0.4 is 0 Å². The molecule has 0 aromatic carbocycles. The molecule has 0 atom stereocenters. The summed E-state index contributed by atoms with van der Waals surface area (Å²) in [7, 11) is 0. The fraction of sp³-hybridized carbons (Fsp3) is 0. The Balaban J connectivity index is 2.43. The Bertz CT molecular complexity index is 655. The second-order valence-electron chi connectivity index (χ2n) is 3.92. The summed E-state index contributed by atoms with van der Waals surface area (Å²) in [5.41, 5.74) is 3.15. The van der Waals surface area contributed by atoms with Gasteiger partial charge in [0.25, 0.3) is 0 Å². The summed E-state index contributed by atoms with van der Waals surface area (Å²) in [6.45, 7) is 7.32. The molecule has 3 nitrogen and oxygen atoms in total. The van der Waals surface area contributed by atoms with E-state index >= 15 is 0 Å². The van der Waals surface area contributed by atoms with E-state index in [-0.39, 0.29) is 0 Å². The molecule has 0 radical (unpaired) electrons. The predicted molar refractivity (Wildman–Crippen MR) is 84.3 cm³/mol. The summed E-state index contributed by atoms with van der Waals surface area (Å²) >= 11 is 0. The molecule has 0 aliphatic heterocycles. The summed E-state index contributed by atoms with van der Waals surface area (Å²) in [6, 6.07) is 11.5. The van der Waals surface area contributed by atoms with Gasteiger partial charge in [-0.15, -0.1) is 0 Å². The fourth-order valence-corrected chi connectivity index (χ4v) is 1.67. The van der Waals surface area contributed by atoms with E-state index in [0.717, 1.165) is 22.8 Å². The molecule has 0 amide bonds. The molecule has 0 unspecified atom stereocenters. The minimum atomic E-state index is 0.734. The van der Waals surface area contributed by atoms with Crippen molar-refractivity contribution in [3.63, 3.8) is 0 Å². The summed E-state index contributed by atoms with van der Waals surface area (Å²) in [6.07, 6.45) is 8.50. The SMILES string of the molecule is C=C/C=N\C(=C/C=C)c1cccc(-c2ccccn2)n1. The molecule has 0 aliphatic carbocycles. The van der Waals surface area contributed by atoms with Crippen LogP contribution in [0.3, 0.4) is 0 Å². The van der Waals surface area contributed by atoms with Crippen molar-refractivity contribution in [2.45, 2.75) is 0 Å². The Morgan fingerprint density at radius 1 is 1.00 bits per heavy atom. The van der Waals surface area contributed by atoms with Gasteiger partial charge in [0.15, 0.2) is 0 Å². The monoisotopic (exact) mass is 261 g/mol. The average molecular weight is 261 g/mol. The van der Waals surface area contributed by atoms with Crippen LogP contribution in [0.2, 0.25) is 0 Å². The third kappa shape index (κ3) is 3.36. The van der Waals surface area contributed by atoms with Crippen molar-refractivity contribution in [3.8, 4) is 11.4 Å². The first-order valence-corrected chi connectivity index (χ1v) is 6.22. The lowest BCUT2D eigenvalue weighted by Crippen LogP contribution is -1.92. The first-order valence-electron chi connectivity index (χ1n) is 6.22. The van der Waals surface area contributed by atoms with Crippen LogP contribution in [0, 0.1) is 0 Å². The quantitative estimate of drug-likeness (QED) is 0.604. The zero-order chi connectivity index (χ0) is 14.2. The van der Waals surface area contributed by atoms with Crippen LogP contribution in [0.15, 0.2) is 79.0 Å². The van der Waals surface area contributed by atoms with Crippen molar-refractivity contribution in [3.05, 3.63) is 79.7 Å². The number of aliphatic imine (C=N–C) groups is 1. The third-order valence-corrected chi connectivity index (χ3v) is 2.53. The molecule has 0 saturated carbocycles. The summed E-state index contributed by atoms with van der Waals surface area (Å²) in [5.74, 6) is 0. The molecule has 20 heavy (non-hydrogen) atoms. The molecule has 2 rings (SSSR count). The number of aromatic nitrogens is 2. The lowest BCUT2D eigenvalue weighted by molar-refractivity contribution is 1.21. The van der Waals surface area contributed by atoms with Gasteiger partial charge in [0, 0.05) is 12.4 Å². The number of nitrogens with zero attached hydrogens (tertiary/aromatic N) is 3. The topological polar surface area (TPSA) is 38.1 Å². The van der Waals surface area contributed by atoms with Crippen LogP contribution in [0.1, 0.15) is 5.69 Å². The van der Waals surface area contributed by atoms with Crippen LogP contribution in [-0.4, -0.2) is 16.2 Å². The van der Waals surface area contributed by atoms with Gasteiger partial charge in [-0.05, 0) is 30.3 Å². The van der Waals surface area contributed by atoms with E-state index < -0.39 is 0 Å². The molecule has 0 N–H and O–H groups in total. The van der Waals surface area contributed by atoms with Crippen LogP contribution in [-0.2, 0) is 0 Å². The van der Waals surface area contributed by atoms with Gasteiger partial charge in [0.05, 0.1) is 22.8 Å². The van der Waals surface area contributed by atoms with Gasteiger partial charge in [0.2, 0.25) is 0 Å². The zero-order valence-electron chi connectivity index (χ0n) is 11.1. The van der Waals surface area contributed by atoms with Crippen molar-refractivity contribution >= 4 is 11.9 Å². The van der Waals surface area contributed by atoms with Crippen LogP contribution in [0.5, 0.6) is 0 Å². The molecule has 2 aromatic rings. The first kappa shape index (κ1) is 13.6. The zero-order valence-corrected chi connectivity index (χ0v) is 11.1. The van der Waals surface area contributed by atoms with Gasteiger partial charge in [-0.3, -0.25) is 9.98 Å². The first-order chi connectivity index (χ1) is 9.85. The lowest BCUT2D eigenvalue weighted by Gasteiger charge is -2.04. The highest BCUT2D eigenvalue weighted by Crippen LogP contribution is 2.19. The highest BCUT2D eigenvalue weighted by atomic mass is 14.8. The van der Waals surface area contributed by atoms with Gasteiger partial charge in [-0.25, -0.2) is 4.98 Å². The predicted octanol–water partition coefficient (Wildman–Crippen LogP) is 3.93. The number of hydrogen-bond donors (Lipinski definition) is 0. The van der Waals surface area contributed by atoms with Crippen LogP contribution in [0.25, 0.3) is 17.1 Å². The smallest absolute Gasteiger partial charge is 0.0894 e. The van der Waals surface area contributed by atoms with E-state index in [1.54, 1.807) is 24.6 Å². The van der Waals surface area contributed by atoms with Gasteiger partial charge in [0.1, 0.15) is 0 Å². The Morgan fingerprint density at radius 3 is 2.55 bits per heavy atom. The van der Waals surface area contributed by atoms with E-state index in [9.17, 15) is 0 Å². The summed E-state index contributed by atoms with van der Waals surface area (Å²) in [4.78, 5) is 13.2. The molecule has 0 fully saturated rings. The number of hydrogen-bond acceptors (Lipinski definition) is 3. The molecule has 98 valence electrons. The van der Waals surface area contributed by atoms with Gasteiger partial charge >= 0.3 is 0 Å². The Hall–Kier alpha value is -2.81. The molecule has 2 heterocycles. The van der Waals surface area contributed by atoms with Gasteiger partial charge in [-0.1, -0.05) is 37.4 Å². The van der Waals surface area contributed by atoms with E-state index in [2.05, 4.69) is 28.1 Å². The molecule has 0 spiro atoms. The Kier molecular flexibility index (Phi) is 4.73. The maximum Gasteiger partial charge on any atom is 0.0894 e. The largest absolute Gasteiger partial charge is 0.255 e. The molecule has 0 saturated heterocycles. The second-order valence-corrected chi connectivity index (χ2v) is 3.92. The van der Waals surface area contributed by atoms with E-state index in [1.807, 2.05) is 42.5 Å². The van der Waals surface area contributed by atoms with Crippen LogP contribution >= 0.6 is 0 Å². The molecule has 0 bridgehead atoms. The molecule has 3 heteroatoms. The van der Waals surface area contributed by atoms with Crippen molar-refractivity contribution in [1.29, 1.82) is 0 Å². The summed E-state index contributed by atoms with van der Waals surface area (Å²) < 4.78 is 0. The second kappa shape index (κ2) is 6.95. The number of rotatable bonds is 5. The normalized spacial score (nSPS) is 11.5. The Labute approximate surface area is 118 Å². The summed E-state index contributed by atoms with van der Waals surface area (Å²) in [5, 5.41) is 0. The molecular weight excluding hydrogens is 246 g/mol. The molecule has 0 aliphatic rings. The van der Waals surface area contributed by atoms with Crippen molar-refractivity contribution < 1.29 is 0 Å². The maximum absolute atomic E-state index is 4.59. The van der Waals surface area contributed by atoms with Gasteiger partial charge in [-0.2, -0.15) is 0 Å². The van der Waals surface area contributed by atoms with E-state index in [1.165, 1.54) is 0 Å². The number of allylic oxidation sites excluding steroid dienone is 3. The molecular formula is C17H15N3. The third-order valence-electron chi connectivity index (χ3n) is 2.53. The van der Waals surface area contributed by atoms with Crippen molar-refractivity contribution in [2.24, 2.45) is 4.99 Å². The van der Waals surface area contributed by atoms with Crippen molar-refractivity contribution in [1.82, 2.24) is 9.97 Å².